The number of nitrogens with one attached hydrogen (secondary N) is 1. The Bertz CT molecular complexity index is 461. The fourth-order valence-electron chi connectivity index (χ4n) is 2.86. The molecule has 0 aliphatic carbocycles. The highest BCUT2D eigenvalue weighted by Crippen LogP contribution is 2.16. The first-order valence-corrected chi connectivity index (χ1v) is 7.37. The van der Waals surface area contributed by atoms with Gasteiger partial charge in [0.2, 0.25) is 5.91 Å². The molecule has 1 aromatic carbocycles. The van der Waals surface area contributed by atoms with Gasteiger partial charge in [-0.1, -0.05) is 25.1 Å². The van der Waals surface area contributed by atoms with Gasteiger partial charge < -0.3 is 16.0 Å². The first-order chi connectivity index (χ1) is 9.56. The van der Waals surface area contributed by atoms with Crippen LogP contribution in [0.25, 0.3) is 0 Å². The van der Waals surface area contributed by atoms with Crippen LogP contribution in [0.5, 0.6) is 0 Å². The van der Waals surface area contributed by atoms with Crippen molar-refractivity contribution in [3.63, 3.8) is 0 Å². The summed E-state index contributed by atoms with van der Waals surface area (Å²) in [6, 6.07) is 8.06. The summed E-state index contributed by atoms with van der Waals surface area (Å²) in [7, 11) is 2.13. The number of likely N-dealkylation sites (tertiary alicyclic amines) is 1. The number of nitrogen functional groups attached to an aromatic ring is 1. The molecule has 1 saturated heterocycles. The second kappa shape index (κ2) is 6.75. The zero-order valence-electron chi connectivity index (χ0n) is 12.4. The summed E-state index contributed by atoms with van der Waals surface area (Å²) < 4.78 is 0. The number of hydrogen-bond donors (Lipinski definition) is 2. The van der Waals surface area contributed by atoms with Crippen molar-refractivity contribution in [1.29, 1.82) is 0 Å². The van der Waals surface area contributed by atoms with Gasteiger partial charge in [0, 0.05) is 24.7 Å². The largest absolute Gasteiger partial charge is 0.399 e. The molecule has 0 saturated carbocycles. The summed E-state index contributed by atoms with van der Waals surface area (Å²) in [4.78, 5) is 14.4. The van der Waals surface area contributed by atoms with Crippen molar-refractivity contribution < 1.29 is 4.79 Å². The third-order valence-corrected chi connectivity index (χ3v) is 4.13. The Kier molecular flexibility index (Phi) is 5.01. The third kappa shape index (κ3) is 3.97. The third-order valence-electron chi connectivity index (χ3n) is 4.13. The van der Waals surface area contributed by atoms with Gasteiger partial charge in [0.25, 0.3) is 0 Å². The van der Waals surface area contributed by atoms with Crippen LogP contribution >= 0.6 is 0 Å². The smallest absolute Gasteiger partial charge is 0.220 e. The predicted octanol–water partition coefficient (Wildman–Crippen LogP) is 1.66. The summed E-state index contributed by atoms with van der Waals surface area (Å²) in [5.41, 5.74) is 7.72. The number of amides is 1. The van der Waals surface area contributed by atoms with Crippen LogP contribution in [-0.4, -0.2) is 37.0 Å². The minimum atomic E-state index is 0.134. The standard InChI is InChI=1S/C16H25N3O/c1-12-11-19(2)10-9-15(12)18-16(20)8-7-13-5-3-4-6-14(13)17/h3-6,12,15H,7-11,17H2,1-2H3,(H,18,20). The molecule has 0 aromatic heterocycles. The van der Waals surface area contributed by atoms with Crippen LogP contribution in [0.1, 0.15) is 25.3 Å². The highest BCUT2D eigenvalue weighted by molar-refractivity contribution is 5.76. The summed E-state index contributed by atoms with van der Waals surface area (Å²) in [6.45, 7) is 4.31. The lowest BCUT2D eigenvalue weighted by Crippen LogP contribution is -2.48. The molecule has 1 amide bonds. The molecule has 4 heteroatoms. The topological polar surface area (TPSA) is 58.4 Å². The SMILES string of the molecule is CC1CN(C)CCC1NC(=O)CCc1ccccc1N. The van der Waals surface area contributed by atoms with Crippen LogP contribution in [0.15, 0.2) is 24.3 Å². The zero-order valence-corrected chi connectivity index (χ0v) is 12.4. The summed E-state index contributed by atoms with van der Waals surface area (Å²) >= 11 is 0. The molecule has 2 rings (SSSR count). The Labute approximate surface area is 121 Å². The van der Waals surface area contributed by atoms with Gasteiger partial charge in [-0.15, -0.1) is 0 Å². The molecule has 1 heterocycles. The van der Waals surface area contributed by atoms with Crippen LogP contribution in [-0.2, 0) is 11.2 Å². The van der Waals surface area contributed by atoms with E-state index in [2.05, 4.69) is 24.2 Å². The number of carbonyl (C=O) groups is 1. The van der Waals surface area contributed by atoms with Gasteiger partial charge in [0.1, 0.15) is 0 Å². The molecule has 4 nitrogen and oxygen atoms in total. The lowest BCUT2D eigenvalue weighted by molar-refractivity contribution is -0.122. The molecule has 2 unspecified atom stereocenters. The number of piperidine rings is 1. The van der Waals surface area contributed by atoms with Crippen LogP contribution < -0.4 is 11.1 Å². The average Bonchev–Trinajstić information content (AvgIpc) is 2.41. The Balaban J connectivity index is 1.80. The maximum Gasteiger partial charge on any atom is 0.220 e. The number of para-hydroxylation sites is 1. The maximum absolute atomic E-state index is 12.1. The quantitative estimate of drug-likeness (QED) is 0.822. The van der Waals surface area contributed by atoms with Crippen molar-refractivity contribution >= 4 is 11.6 Å². The van der Waals surface area contributed by atoms with E-state index in [0.717, 1.165) is 30.8 Å². The van der Waals surface area contributed by atoms with E-state index in [1.54, 1.807) is 0 Å². The van der Waals surface area contributed by atoms with E-state index >= 15 is 0 Å². The van der Waals surface area contributed by atoms with Gasteiger partial charge in [-0.3, -0.25) is 4.79 Å². The van der Waals surface area contributed by atoms with Crippen molar-refractivity contribution in [2.45, 2.75) is 32.2 Å². The Morgan fingerprint density at radius 3 is 2.90 bits per heavy atom. The number of carbonyl (C=O) groups excluding carboxylic acids is 1. The van der Waals surface area contributed by atoms with E-state index in [-0.39, 0.29) is 5.91 Å². The zero-order chi connectivity index (χ0) is 14.5. The van der Waals surface area contributed by atoms with Gasteiger partial charge in [-0.2, -0.15) is 0 Å². The lowest BCUT2D eigenvalue weighted by atomic mass is 9.94. The van der Waals surface area contributed by atoms with Crippen molar-refractivity contribution in [2.24, 2.45) is 5.92 Å². The molecular weight excluding hydrogens is 250 g/mol. The summed E-state index contributed by atoms with van der Waals surface area (Å²) in [6.07, 6.45) is 2.25. The van der Waals surface area contributed by atoms with Crippen LogP contribution in [0.4, 0.5) is 5.69 Å². The minimum Gasteiger partial charge on any atom is -0.399 e. The van der Waals surface area contributed by atoms with Gasteiger partial charge in [-0.25, -0.2) is 0 Å². The second-order valence-electron chi connectivity index (χ2n) is 5.90. The fourth-order valence-corrected chi connectivity index (χ4v) is 2.86. The van der Waals surface area contributed by atoms with Crippen molar-refractivity contribution in [3.05, 3.63) is 29.8 Å². The monoisotopic (exact) mass is 275 g/mol. The van der Waals surface area contributed by atoms with Gasteiger partial charge in [0.05, 0.1) is 0 Å². The van der Waals surface area contributed by atoms with Crippen molar-refractivity contribution in [2.75, 3.05) is 25.9 Å². The molecule has 0 spiro atoms. The summed E-state index contributed by atoms with van der Waals surface area (Å²) in [5, 5.41) is 3.17. The number of aryl methyl sites for hydroxylation is 1. The molecule has 1 aliphatic heterocycles. The molecule has 1 aromatic rings. The molecule has 20 heavy (non-hydrogen) atoms. The first kappa shape index (κ1) is 14.9. The lowest BCUT2D eigenvalue weighted by Gasteiger charge is -2.35. The summed E-state index contributed by atoms with van der Waals surface area (Å²) in [5.74, 6) is 0.647. The van der Waals surface area contributed by atoms with Crippen molar-refractivity contribution in [3.8, 4) is 0 Å². The number of rotatable bonds is 4. The first-order valence-electron chi connectivity index (χ1n) is 7.37. The highest BCUT2D eigenvalue weighted by Gasteiger charge is 2.25. The maximum atomic E-state index is 12.1. The molecule has 1 fully saturated rings. The number of anilines is 1. The Hall–Kier alpha value is -1.55. The molecule has 3 N–H and O–H groups in total. The van der Waals surface area contributed by atoms with E-state index in [9.17, 15) is 4.79 Å². The molecule has 110 valence electrons. The molecule has 0 radical (unpaired) electrons. The van der Waals surface area contributed by atoms with E-state index in [4.69, 9.17) is 5.73 Å². The van der Waals surface area contributed by atoms with Crippen LogP contribution in [0.2, 0.25) is 0 Å². The predicted molar refractivity (Wildman–Crippen MR) is 82.4 cm³/mol. The van der Waals surface area contributed by atoms with E-state index < -0.39 is 0 Å². The van der Waals surface area contributed by atoms with Crippen LogP contribution in [0, 0.1) is 5.92 Å². The van der Waals surface area contributed by atoms with Gasteiger partial charge in [0.15, 0.2) is 0 Å². The van der Waals surface area contributed by atoms with E-state index in [1.807, 2.05) is 24.3 Å². The van der Waals surface area contributed by atoms with E-state index in [0.29, 0.717) is 24.8 Å². The molecular formula is C16H25N3O. The van der Waals surface area contributed by atoms with Crippen molar-refractivity contribution in [1.82, 2.24) is 10.2 Å². The Morgan fingerprint density at radius 1 is 1.45 bits per heavy atom. The second-order valence-corrected chi connectivity index (χ2v) is 5.90. The number of nitrogens with two attached hydrogens (primary N) is 1. The van der Waals surface area contributed by atoms with E-state index in [1.165, 1.54) is 0 Å². The molecule has 0 bridgehead atoms. The number of nitrogens with zero attached hydrogens (tertiary/aromatic N) is 1. The Morgan fingerprint density at radius 2 is 2.20 bits per heavy atom. The fraction of sp³-hybridized carbons (Fsp3) is 0.562. The average molecular weight is 275 g/mol. The normalized spacial score (nSPS) is 23.5. The highest BCUT2D eigenvalue weighted by atomic mass is 16.1. The molecule has 1 aliphatic rings. The van der Waals surface area contributed by atoms with Crippen LogP contribution in [0.3, 0.4) is 0 Å². The van der Waals surface area contributed by atoms with Gasteiger partial charge >= 0.3 is 0 Å². The number of benzene rings is 1. The van der Waals surface area contributed by atoms with Gasteiger partial charge in [-0.05, 0) is 44.0 Å². The number of hydrogen-bond acceptors (Lipinski definition) is 3. The minimum absolute atomic E-state index is 0.134. The molecule has 2 atom stereocenters.